The van der Waals surface area contributed by atoms with Gasteiger partial charge in [0.25, 0.3) is 0 Å². The van der Waals surface area contributed by atoms with Crippen molar-refractivity contribution in [1.82, 2.24) is 4.40 Å². The third-order valence-electron chi connectivity index (χ3n) is 4.47. The van der Waals surface area contributed by atoms with Crippen LogP contribution in [0.25, 0.3) is 5.52 Å². The van der Waals surface area contributed by atoms with Crippen LogP contribution >= 0.6 is 0 Å². The predicted molar refractivity (Wildman–Crippen MR) is 94.6 cm³/mol. The second-order valence-corrected chi connectivity index (χ2v) is 6.13. The number of aryl methyl sites for hydroxylation is 1. The van der Waals surface area contributed by atoms with Crippen molar-refractivity contribution in [1.29, 1.82) is 5.26 Å². The van der Waals surface area contributed by atoms with E-state index in [4.69, 9.17) is 4.74 Å². The fraction of sp³-hybridized carbons (Fsp3) is 0.150. The van der Waals surface area contributed by atoms with Gasteiger partial charge in [-0.2, -0.15) is 5.26 Å². The number of benzene rings is 1. The maximum absolute atomic E-state index is 12.4. The number of nitrogens with one attached hydrogen (secondary N) is 1. The van der Waals surface area contributed by atoms with Crippen LogP contribution in [0.1, 0.15) is 33.5 Å². The minimum Gasteiger partial charge on any atom is -0.457 e. The fourth-order valence-electron chi connectivity index (χ4n) is 3.15. The summed E-state index contributed by atoms with van der Waals surface area (Å²) < 4.78 is 7.24. The lowest BCUT2D eigenvalue weighted by atomic mass is 10.0. The first-order chi connectivity index (χ1) is 12.7. The third kappa shape index (κ3) is 2.80. The van der Waals surface area contributed by atoms with E-state index in [0.717, 1.165) is 16.8 Å². The Balaban J connectivity index is 1.53. The van der Waals surface area contributed by atoms with Crippen LogP contribution in [0.5, 0.6) is 0 Å². The van der Waals surface area contributed by atoms with Crippen molar-refractivity contribution in [2.75, 3.05) is 5.32 Å². The Morgan fingerprint density at radius 1 is 1.27 bits per heavy atom. The first kappa shape index (κ1) is 15.9. The Labute approximate surface area is 149 Å². The zero-order chi connectivity index (χ0) is 18.1. The first-order valence-corrected chi connectivity index (χ1v) is 8.24. The molecular weight excluding hydrogens is 330 g/mol. The Morgan fingerprint density at radius 3 is 3.00 bits per heavy atom. The van der Waals surface area contributed by atoms with Gasteiger partial charge in [0, 0.05) is 30.1 Å². The van der Waals surface area contributed by atoms with Gasteiger partial charge >= 0.3 is 5.97 Å². The summed E-state index contributed by atoms with van der Waals surface area (Å²) in [6.07, 6.45) is 4.66. The summed E-state index contributed by atoms with van der Waals surface area (Å²) in [5.41, 5.74) is 4.05. The Morgan fingerprint density at radius 2 is 2.15 bits per heavy atom. The molecule has 0 atom stereocenters. The molecule has 6 heteroatoms. The van der Waals surface area contributed by atoms with Gasteiger partial charge in [0.15, 0.2) is 0 Å². The number of carbonyl (C=O) groups is 2. The van der Waals surface area contributed by atoms with Crippen molar-refractivity contribution in [2.45, 2.75) is 19.4 Å². The number of amides is 1. The highest BCUT2D eigenvalue weighted by Gasteiger charge is 2.18. The van der Waals surface area contributed by atoms with E-state index >= 15 is 0 Å². The van der Waals surface area contributed by atoms with Crippen LogP contribution in [0.15, 0.2) is 48.8 Å². The molecule has 26 heavy (non-hydrogen) atoms. The van der Waals surface area contributed by atoms with Gasteiger partial charge < -0.3 is 14.5 Å². The van der Waals surface area contributed by atoms with Crippen LogP contribution in [-0.2, 0) is 22.6 Å². The minimum atomic E-state index is -0.455. The minimum absolute atomic E-state index is 0.0161. The monoisotopic (exact) mass is 345 g/mol. The second kappa shape index (κ2) is 6.37. The highest BCUT2D eigenvalue weighted by molar-refractivity contribution is 5.96. The Bertz CT molecular complexity index is 1080. The van der Waals surface area contributed by atoms with Crippen molar-refractivity contribution in [3.63, 3.8) is 0 Å². The smallest absolute Gasteiger partial charge is 0.338 e. The Kier molecular flexibility index (Phi) is 3.90. The first-order valence-electron chi connectivity index (χ1n) is 8.24. The number of hydrogen-bond donors (Lipinski definition) is 1. The fourth-order valence-corrected chi connectivity index (χ4v) is 3.15. The zero-order valence-electron chi connectivity index (χ0n) is 13.9. The summed E-state index contributed by atoms with van der Waals surface area (Å²) in [5.74, 6) is -0.471. The molecule has 0 saturated heterocycles. The maximum atomic E-state index is 12.4. The summed E-state index contributed by atoms with van der Waals surface area (Å²) in [6, 6.07) is 12.9. The molecule has 4 rings (SSSR count). The van der Waals surface area contributed by atoms with E-state index in [0.29, 0.717) is 29.5 Å². The molecule has 0 spiro atoms. The highest BCUT2D eigenvalue weighted by Crippen LogP contribution is 2.24. The van der Waals surface area contributed by atoms with Crippen molar-refractivity contribution in [3.05, 3.63) is 71.0 Å². The van der Waals surface area contributed by atoms with E-state index in [2.05, 4.69) is 11.4 Å². The molecule has 0 bridgehead atoms. The molecule has 1 aromatic carbocycles. The number of carbonyl (C=O) groups excluding carboxylic acids is 2. The number of ether oxygens (including phenoxy) is 1. The molecule has 0 saturated carbocycles. The summed E-state index contributed by atoms with van der Waals surface area (Å²) in [5, 5.41) is 12.2. The quantitative estimate of drug-likeness (QED) is 0.740. The van der Waals surface area contributed by atoms with Crippen LogP contribution in [0.3, 0.4) is 0 Å². The predicted octanol–water partition coefficient (Wildman–Crippen LogP) is 3.05. The topological polar surface area (TPSA) is 83.6 Å². The van der Waals surface area contributed by atoms with Crippen LogP contribution in [0.4, 0.5) is 5.69 Å². The van der Waals surface area contributed by atoms with Gasteiger partial charge in [-0.3, -0.25) is 4.79 Å². The van der Waals surface area contributed by atoms with E-state index in [1.165, 1.54) is 0 Å². The normalized spacial score (nSPS) is 13.0. The molecule has 0 fully saturated rings. The molecule has 128 valence electrons. The number of fused-ring (bicyclic) bond motifs is 2. The third-order valence-corrected chi connectivity index (χ3v) is 4.47. The van der Waals surface area contributed by atoms with Gasteiger partial charge in [0.05, 0.1) is 16.6 Å². The molecule has 2 aromatic heterocycles. The summed E-state index contributed by atoms with van der Waals surface area (Å²) in [7, 11) is 0. The maximum Gasteiger partial charge on any atom is 0.338 e. The molecule has 1 N–H and O–H groups in total. The number of aromatic nitrogens is 1. The second-order valence-electron chi connectivity index (χ2n) is 6.13. The molecule has 3 heterocycles. The number of esters is 1. The van der Waals surface area contributed by atoms with Crippen LogP contribution in [0, 0.1) is 11.3 Å². The number of hydrogen-bond acceptors (Lipinski definition) is 4. The lowest BCUT2D eigenvalue weighted by molar-refractivity contribution is -0.116. The van der Waals surface area contributed by atoms with Gasteiger partial charge in [0.2, 0.25) is 5.91 Å². The summed E-state index contributed by atoms with van der Waals surface area (Å²) >= 11 is 0. The molecule has 3 aromatic rings. The van der Waals surface area contributed by atoms with Crippen molar-refractivity contribution in [2.24, 2.45) is 0 Å². The highest BCUT2D eigenvalue weighted by atomic mass is 16.5. The average Bonchev–Trinajstić information content (AvgIpc) is 3.03. The number of rotatable bonds is 3. The molecular formula is C20H15N3O3. The van der Waals surface area contributed by atoms with Crippen LogP contribution < -0.4 is 5.32 Å². The standard InChI is InChI=1S/C20H15N3O3/c21-10-16-15(11-23-8-2-1-3-18(16)23)12-26-20(25)14-4-6-17-13(9-14)5-7-19(24)22-17/h1-4,6,8-9,11H,5,7,12H2,(H,22,24). The lowest BCUT2D eigenvalue weighted by Crippen LogP contribution is -2.19. The Hall–Kier alpha value is -3.59. The molecule has 0 radical (unpaired) electrons. The van der Waals surface area contributed by atoms with Crippen molar-refractivity contribution in [3.8, 4) is 6.07 Å². The van der Waals surface area contributed by atoms with Gasteiger partial charge in [0.1, 0.15) is 12.7 Å². The number of nitrogens with zero attached hydrogens (tertiary/aromatic N) is 2. The van der Waals surface area contributed by atoms with E-state index < -0.39 is 5.97 Å². The number of nitriles is 1. The SMILES string of the molecule is N#Cc1c(COC(=O)c2ccc3c(c2)CCC(=O)N3)cn2ccccc12. The molecule has 1 aliphatic heterocycles. The zero-order valence-corrected chi connectivity index (χ0v) is 13.9. The number of anilines is 1. The lowest BCUT2D eigenvalue weighted by Gasteiger charge is -2.17. The van der Waals surface area contributed by atoms with E-state index in [1.54, 1.807) is 24.4 Å². The van der Waals surface area contributed by atoms with Gasteiger partial charge in [-0.15, -0.1) is 0 Å². The molecule has 0 unspecified atom stereocenters. The summed E-state index contributed by atoms with van der Waals surface area (Å²) in [6.45, 7) is 0.0250. The average molecular weight is 345 g/mol. The van der Waals surface area contributed by atoms with E-state index in [-0.39, 0.29) is 12.5 Å². The number of pyridine rings is 1. The summed E-state index contributed by atoms with van der Waals surface area (Å²) in [4.78, 5) is 23.8. The van der Waals surface area contributed by atoms with Crippen LogP contribution in [-0.4, -0.2) is 16.3 Å². The van der Waals surface area contributed by atoms with Crippen molar-refractivity contribution >= 4 is 23.1 Å². The van der Waals surface area contributed by atoms with E-state index in [9.17, 15) is 14.9 Å². The largest absolute Gasteiger partial charge is 0.457 e. The van der Waals surface area contributed by atoms with E-state index in [1.807, 2.05) is 28.8 Å². The van der Waals surface area contributed by atoms with Crippen LogP contribution in [0.2, 0.25) is 0 Å². The van der Waals surface area contributed by atoms with Gasteiger partial charge in [-0.25, -0.2) is 4.79 Å². The van der Waals surface area contributed by atoms with Crippen molar-refractivity contribution < 1.29 is 14.3 Å². The molecule has 1 amide bonds. The van der Waals surface area contributed by atoms with Gasteiger partial charge in [-0.05, 0) is 42.3 Å². The molecule has 0 aliphatic carbocycles. The molecule has 6 nitrogen and oxygen atoms in total. The molecule has 1 aliphatic rings. The van der Waals surface area contributed by atoms with Gasteiger partial charge in [-0.1, -0.05) is 6.07 Å².